The monoisotopic (exact) mass is 451 g/mol. The van der Waals surface area contributed by atoms with Crippen molar-refractivity contribution in [1.29, 1.82) is 0 Å². The van der Waals surface area contributed by atoms with Crippen LogP contribution in [0.1, 0.15) is 50.8 Å². The molecule has 1 saturated carbocycles. The van der Waals surface area contributed by atoms with Crippen molar-refractivity contribution in [1.82, 2.24) is 4.98 Å². The van der Waals surface area contributed by atoms with Crippen molar-refractivity contribution in [3.05, 3.63) is 47.4 Å². The van der Waals surface area contributed by atoms with Crippen LogP contribution in [0.2, 0.25) is 0 Å². The third-order valence-corrected chi connectivity index (χ3v) is 5.53. The van der Waals surface area contributed by atoms with E-state index in [1.54, 1.807) is 12.1 Å². The number of halogens is 4. The number of hydrogen-bond donors (Lipinski definition) is 1. The Hall–Kier alpha value is -2.84. The number of fused-ring (bicyclic) bond motifs is 3. The van der Waals surface area contributed by atoms with Gasteiger partial charge >= 0.3 is 6.36 Å². The van der Waals surface area contributed by atoms with Crippen LogP contribution in [0.3, 0.4) is 0 Å². The second-order valence-electron chi connectivity index (χ2n) is 9.68. The highest BCUT2D eigenvalue weighted by atomic mass is 19.4. The van der Waals surface area contributed by atoms with Crippen LogP contribution in [-0.2, 0) is 11.3 Å². The second kappa shape index (κ2) is 7.94. The maximum atomic E-state index is 14.8. The third-order valence-electron chi connectivity index (χ3n) is 5.53. The lowest BCUT2D eigenvalue weighted by Gasteiger charge is -2.31. The molecule has 0 bridgehead atoms. The summed E-state index contributed by atoms with van der Waals surface area (Å²) in [5, 5.41) is 2.60. The number of nitrogens with zero attached hydrogens (tertiary/aromatic N) is 2. The van der Waals surface area contributed by atoms with E-state index in [0.29, 0.717) is 18.2 Å². The summed E-state index contributed by atoms with van der Waals surface area (Å²) in [6.07, 6.45) is -3.55. The Kier molecular flexibility index (Phi) is 5.55. The third kappa shape index (κ3) is 5.31. The summed E-state index contributed by atoms with van der Waals surface area (Å²) in [6.45, 7) is 6.90. The summed E-state index contributed by atoms with van der Waals surface area (Å²) in [4.78, 5) is 18.7. The van der Waals surface area contributed by atoms with Crippen molar-refractivity contribution in [3.8, 4) is 5.75 Å². The summed E-state index contributed by atoms with van der Waals surface area (Å²) >= 11 is 0. The molecule has 0 radical (unpaired) electrons. The number of anilines is 2. The normalized spacial score (nSPS) is 19.8. The molecule has 172 valence electrons. The molecule has 1 aromatic heterocycles. The number of amides is 1. The summed E-state index contributed by atoms with van der Waals surface area (Å²) in [5.74, 6) is -0.603. The van der Waals surface area contributed by atoms with Crippen LogP contribution in [-0.4, -0.2) is 23.8 Å². The van der Waals surface area contributed by atoms with Crippen molar-refractivity contribution in [2.75, 3.05) is 16.8 Å². The molecule has 9 heteroatoms. The van der Waals surface area contributed by atoms with Crippen LogP contribution in [0.15, 0.2) is 30.3 Å². The minimum absolute atomic E-state index is 0.0563. The quantitative estimate of drug-likeness (QED) is 0.600. The predicted octanol–water partition coefficient (Wildman–Crippen LogP) is 5.62. The lowest BCUT2D eigenvalue weighted by atomic mass is 9.92. The highest BCUT2D eigenvalue weighted by molar-refractivity contribution is 5.90. The molecule has 4 rings (SSSR count). The van der Waals surface area contributed by atoms with Gasteiger partial charge in [-0.25, -0.2) is 9.37 Å². The Morgan fingerprint density at radius 3 is 2.53 bits per heavy atom. The molecule has 2 aromatic rings. The molecule has 2 aliphatic rings. The van der Waals surface area contributed by atoms with Gasteiger partial charge in [0.2, 0.25) is 5.91 Å². The Bertz CT molecular complexity index is 1020. The van der Waals surface area contributed by atoms with E-state index in [4.69, 9.17) is 0 Å². The number of ether oxygens (including phenoxy) is 1. The molecule has 0 spiro atoms. The first kappa shape index (κ1) is 22.4. The number of rotatable bonds is 5. The van der Waals surface area contributed by atoms with E-state index in [1.807, 2.05) is 25.7 Å². The van der Waals surface area contributed by atoms with Crippen molar-refractivity contribution in [3.63, 3.8) is 0 Å². The van der Waals surface area contributed by atoms with E-state index in [9.17, 15) is 22.4 Å². The maximum absolute atomic E-state index is 14.8. The van der Waals surface area contributed by atoms with Crippen LogP contribution in [0.4, 0.5) is 29.1 Å². The second-order valence-corrected chi connectivity index (χ2v) is 9.68. The molecule has 1 aliphatic carbocycles. The molecule has 0 unspecified atom stereocenters. The lowest BCUT2D eigenvalue weighted by Crippen LogP contribution is -2.30. The van der Waals surface area contributed by atoms with Crippen LogP contribution in [0.5, 0.6) is 5.75 Å². The highest BCUT2D eigenvalue weighted by Crippen LogP contribution is 2.54. The molecule has 0 saturated heterocycles. The minimum atomic E-state index is -4.74. The zero-order valence-electron chi connectivity index (χ0n) is 18.1. The molecule has 32 heavy (non-hydrogen) atoms. The Labute approximate surface area is 183 Å². The van der Waals surface area contributed by atoms with Crippen molar-refractivity contribution >= 4 is 17.4 Å². The van der Waals surface area contributed by atoms with Crippen LogP contribution in [0.25, 0.3) is 0 Å². The SMILES string of the molecule is CC(C)(C)CC(=O)Nc1nc2c(cc1F)N(Cc1ccc(OC(F)(F)F)cc1)C[C@@H]1C[C@H]21. The maximum Gasteiger partial charge on any atom is 0.573 e. The van der Waals surface area contributed by atoms with E-state index >= 15 is 0 Å². The number of carbonyl (C=O) groups is 1. The highest BCUT2D eigenvalue weighted by Gasteiger charge is 2.46. The fourth-order valence-corrected chi connectivity index (χ4v) is 4.10. The molecule has 1 fully saturated rings. The van der Waals surface area contributed by atoms with Crippen molar-refractivity contribution < 1.29 is 27.1 Å². The topological polar surface area (TPSA) is 54.5 Å². The number of aromatic nitrogens is 1. The minimum Gasteiger partial charge on any atom is -0.406 e. The molecule has 2 heterocycles. The zero-order valence-corrected chi connectivity index (χ0v) is 18.1. The van der Waals surface area contributed by atoms with Crippen LogP contribution < -0.4 is 15.0 Å². The first-order valence-corrected chi connectivity index (χ1v) is 10.5. The van der Waals surface area contributed by atoms with E-state index in [1.165, 1.54) is 18.2 Å². The van der Waals surface area contributed by atoms with Gasteiger partial charge in [-0.05, 0) is 35.4 Å². The van der Waals surface area contributed by atoms with E-state index in [-0.39, 0.29) is 35.2 Å². The van der Waals surface area contributed by atoms with Gasteiger partial charge in [-0.3, -0.25) is 4.79 Å². The van der Waals surface area contributed by atoms with Gasteiger partial charge in [0.1, 0.15) is 5.75 Å². The van der Waals surface area contributed by atoms with Gasteiger partial charge < -0.3 is 15.0 Å². The molecule has 5 nitrogen and oxygen atoms in total. The van der Waals surface area contributed by atoms with Gasteiger partial charge in [-0.2, -0.15) is 0 Å². The molecule has 1 aliphatic heterocycles. The van der Waals surface area contributed by atoms with Crippen LogP contribution >= 0.6 is 0 Å². The molecule has 1 N–H and O–H groups in total. The average molecular weight is 451 g/mol. The zero-order chi connectivity index (χ0) is 23.3. The first-order valence-electron chi connectivity index (χ1n) is 10.5. The first-order chi connectivity index (χ1) is 14.9. The number of hydrogen-bond acceptors (Lipinski definition) is 4. The summed E-state index contributed by atoms with van der Waals surface area (Å²) in [5.41, 5.74) is 1.96. The van der Waals surface area contributed by atoms with Gasteiger partial charge in [0.15, 0.2) is 11.6 Å². The number of alkyl halides is 3. The standard InChI is InChI=1S/C23H25F4N3O2/c1-22(2,3)10-19(31)28-21-17(24)9-18-20(29-21)16-8-14(16)12-30(18)11-13-4-6-15(7-5-13)32-23(25,26)27/h4-7,9,14,16H,8,10-12H2,1-3H3,(H,28,29,31)/t14-,16-/m0/s1. The summed E-state index contributed by atoms with van der Waals surface area (Å²) in [7, 11) is 0. The van der Waals surface area contributed by atoms with Gasteiger partial charge in [-0.15, -0.1) is 13.2 Å². The Balaban J connectivity index is 1.52. The molecule has 1 amide bonds. The fraction of sp³-hybridized carbons (Fsp3) is 0.478. The van der Waals surface area contributed by atoms with Gasteiger partial charge in [-0.1, -0.05) is 32.9 Å². The van der Waals surface area contributed by atoms with Gasteiger partial charge in [0.05, 0.1) is 11.4 Å². The average Bonchev–Trinajstić information content (AvgIpc) is 3.41. The lowest BCUT2D eigenvalue weighted by molar-refractivity contribution is -0.274. The molecular weight excluding hydrogens is 426 g/mol. The van der Waals surface area contributed by atoms with E-state index in [2.05, 4.69) is 15.0 Å². The van der Waals surface area contributed by atoms with Crippen molar-refractivity contribution in [2.24, 2.45) is 11.3 Å². The molecule has 1 aromatic carbocycles. The molecule has 2 atom stereocenters. The Morgan fingerprint density at radius 1 is 1.22 bits per heavy atom. The fourth-order valence-electron chi connectivity index (χ4n) is 4.10. The van der Waals surface area contributed by atoms with Gasteiger partial charge in [0, 0.05) is 31.5 Å². The summed E-state index contributed by atoms with van der Waals surface area (Å²) < 4.78 is 55.8. The number of carbonyl (C=O) groups excluding carboxylic acids is 1. The Morgan fingerprint density at radius 2 is 1.91 bits per heavy atom. The number of benzene rings is 1. The predicted molar refractivity (Wildman–Crippen MR) is 112 cm³/mol. The molecular formula is C23H25F4N3O2. The number of pyridine rings is 1. The summed E-state index contributed by atoms with van der Waals surface area (Å²) in [6, 6.07) is 7.04. The van der Waals surface area contributed by atoms with E-state index < -0.39 is 12.2 Å². The smallest absolute Gasteiger partial charge is 0.406 e. The van der Waals surface area contributed by atoms with Crippen LogP contribution in [0, 0.1) is 17.2 Å². The number of nitrogens with one attached hydrogen (secondary N) is 1. The van der Waals surface area contributed by atoms with E-state index in [0.717, 1.165) is 24.2 Å². The largest absolute Gasteiger partial charge is 0.573 e. The van der Waals surface area contributed by atoms with Crippen molar-refractivity contribution in [2.45, 2.75) is 52.4 Å². The van der Waals surface area contributed by atoms with Gasteiger partial charge in [0.25, 0.3) is 0 Å².